The van der Waals surface area contributed by atoms with Crippen molar-refractivity contribution in [3.05, 3.63) is 30.3 Å². The van der Waals surface area contributed by atoms with Crippen molar-refractivity contribution in [2.75, 3.05) is 0 Å². The zero-order valence-corrected chi connectivity index (χ0v) is 12.6. The van der Waals surface area contributed by atoms with Gasteiger partial charge >= 0.3 is 0 Å². The second-order valence-electron chi connectivity index (χ2n) is 5.01. The van der Waals surface area contributed by atoms with Crippen molar-refractivity contribution in [1.29, 1.82) is 0 Å². The number of ketones is 1. The van der Waals surface area contributed by atoms with Crippen LogP contribution < -0.4 is 0 Å². The Hall–Kier alpha value is -0.760. The molecule has 0 bridgehead atoms. The van der Waals surface area contributed by atoms with Crippen molar-refractivity contribution in [3.63, 3.8) is 0 Å². The van der Waals surface area contributed by atoms with Crippen LogP contribution in [0.25, 0.3) is 0 Å². The third-order valence-corrected chi connectivity index (χ3v) is 4.79. The van der Waals surface area contributed by atoms with Crippen molar-refractivity contribution in [2.45, 2.75) is 62.5 Å². The molecule has 1 nitrogen and oxygen atoms in total. The van der Waals surface area contributed by atoms with Gasteiger partial charge in [-0.1, -0.05) is 50.8 Å². The highest BCUT2D eigenvalue weighted by atomic mass is 32.2. The fourth-order valence-electron chi connectivity index (χ4n) is 1.94. The van der Waals surface area contributed by atoms with Gasteiger partial charge in [0.2, 0.25) is 0 Å². The minimum Gasteiger partial charge on any atom is -0.298 e. The van der Waals surface area contributed by atoms with E-state index in [-0.39, 0.29) is 10.5 Å². The van der Waals surface area contributed by atoms with Crippen LogP contribution in [0.3, 0.4) is 0 Å². The van der Waals surface area contributed by atoms with Gasteiger partial charge in [-0.05, 0) is 32.4 Å². The molecule has 18 heavy (non-hydrogen) atoms. The van der Waals surface area contributed by atoms with Crippen molar-refractivity contribution in [2.24, 2.45) is 0 Å². The van der Waals surface area contributed by atoms with Crippen molar-refractivity contribution in [3.8, 4) is 0 Å². The van der Waals surface area contributed by atoms with Crippen molar-refractivity contribution < 1.29 is 4.79 Å². The Labute approximate surface area is 115 Å². The van der Waals surface area contributed by atoms with Crippen LogP contribution in [-0.4, -0.2) is 10.5 Å². The third kappa shape index (κ3) is 4.85. The van der Waals surface area contributed by atoms with E-state index in [0.29, 0.717) is 0 Å². The minimum atomic E-state index is -0.269. The Balaban J connectivity index is 2.60. The summed E-state index contributed by atoms with van der Waals surface area (Å²) < 4.78 is -0.269. The minimum absolute atomic E-state index is 0.269. The second kappa shape index (κ2) is 7.63. The first-order chi connectivity index (χ1) is 8.58. The molecular weight excluding hydrogens is 240 g/mol. The van der Waals surface area contributed by atoms with E-state index in [2.05, 4.69) is 26.0 Å². The number of rotatable bonds is 8. The van der Waals surface area contributed by atoms with E-state index in [1.54, 1.807) is 18.7 Å². The van der Waals surface area contributed by atoms with Gasteiger partial charge in [0.25, 0.3) is 0 Å². The van der Waals surface area contributed by atoms with Crippen molar-refractivity contribution >= 4 is 17.5 Å². The van der Waals surface area contributed by atoms with Gasteiger partial charge in [-0.3, -0.25) is 4.79 Å². The molecule has 0 aliphatic heterocycles. The summed E-state index contributed by atoms with van der Waals surface area (Å²) in [4.78, 5) is 13.1. The number of carbonyl (C=O) groups excluding carboxylic acids is 1. The lowest BCUT2D eigenvalue weighted by atomic mass is 9.98. The number of carbonyl (C=O) groups is 1. The van der Waals surface area contributed by atoms with Gasteiger partial charge in [-0.2, -0.15) is 0 Å². The highest BCUT2D eigenvalue weighted by Gasteiger charge is 2.30. The van der Waals surface area contributed by atoms with E-state index in [1.165, 1.54) is 24.2 Å². The zero-order chi connectivity index (χ0) is 13.4. The molecule has 0 N–H and O–H groups in total. The molecule has 0 spiro atoms. The van der Waals surface area contributed by atoms with E-state index in [1.807, 2.05) is 18.2 Å². The lowest BCUT2D eigenvalue weighted by Gasteiger charge is -2.26. The summed E-state index contributed by atoms with van der Waals surface area (Å²) in [6, 6.07) is 10.2. The molecule has 0 aliphatic rings. The van der Waals surface area contributed by atoms with Crippen LogP contribution in [0.2, 0.25) is 0 Å². The van der Waals surface area contributed by atoms with Gasteiger partial charge in [0, 0.05) is 4.90 Å². The monoisotopic (exact) mass is 264 g/mol. The number of thioether (sulfide) groups is 1. The number of hydrogen-bond donors (Lipinski definition) is 0. The van der Waals surface area contributed by atoms with Crippen LogP contribution >= 0.6 is 11.8 Å². The molecule has 1 aromatic carbocycles. The highest BCUT2D eigenvalue weighted by molar-refractivity contribution is 8.01. The molecule has 1 rings (SSSR count). The largest absolute Gasteiger partial charge is 0.298 e. The van der Waals surface area contributed by atoms with Gasteiger partial charge < -0.3 is 0 Å². The van der Waals surface area contributed by atoms with Crippen LogP contribution in [-0.2, 0) is 4.79 Å². The quantitative estimate of drug-likeness (QED) is 0.480. The second-order valence-corrected chi connectivity index (χ2v) is 6.59. The topological polar surface area (TPSA) is 17.1 Å². The molecule has 1 atom stereocenters. The van der Waals surface area contributed by atoms with E-state index in [4.69, 9.17) is 0 Å². The summed E-state index contributed by atoms with van der Waals surface area (Å²) in [5.74, 6) is 0.285. The molecule has 0 radical (unpaired) electrons. The maximum atomic E-state index is 11.9. The first kappa shape index (κ1) is 15.3. The van der Waals surface area contributed by atoms with E-state index < -0.39 is 0 Å². The van der Waals surface area contributed by atoms with Gasteiger partial charge in [0.15, 0.2) is 0 Å². The predicted octanol–water partition coefficient (Wildman–Crippen LogP) is 5.10. The smallest absolute Gasteiger partial charge is 0.145 e. The maximum Gasteiger partial charge on any atom is 0.145 e. The molecule has 1 unspecified atom stereocenters. The Morgan fingerprint density at radius 3 is 2.39 bits per heavy atom. The zero-order valence-electron chi connectivity index (χ0n) is 11.7. The fraction of sp³-hybridized carbons (Fsp3) is 0.562. The molecule has 100 valence electrons. The third-order valence-electron chi connectivity index (χ3n) is 3.34. The first-order valence-electron chi connectivity index (χ1n) is 6.83. The summed E-state index contributed by atoms with van der Waals surface area (Å²) in [5.41, 5.74) is 0. The summed E-state index contributed by atoms with van der Waals surface area (Å²) in [6.45, 7) is 6.01. The SMILES string of the molecule is CCCCCCC(C)(Sc1ccccc1)C(C)=O. The summed E-state index contributed by atoms with van der Waals surface area (Å²) in [6.07, 6.45) is 5.85. The number of Topliss-reactive ketones (excluding diaryl/α,β-unsaturated/α-hetero) is 1. The number of hydrogen-bond acceptors (Lipinski definition) is 2. The number of unbranched alkanes of at least 4 members (excludes halogenated alkanes) is 3. The number of benzene rings is 1. The van der Waals surface area contributed by atoms with Crippen LogP contribution in [0.4, 0.5) is 0 Å². The first-order valence-corrected chi connectivity index (χ1v) is 7.65. The molecule has 0 amide bonds. The molecule has 0 saturated heterocycles. The van der Waals surface area contributed by atoms with E-state index in [9.17, 15) is 4.79 Å². The molecule has 0 fully saturated rings. The predicted molar refractivity (Wildman–Crippen MR) is 80.1 cm³/mol. The molecule has 0 aromatic heterocycles. The van der Waals surface area contributed by atoms with E-state index >= 15 is 0 Å². The molecule has 2 heteroatoms. The van der Waals surface area contributed by atoms with Crippen LogP contribution in [0.5, 0.6) is 0 Å². The Kier molecular flexibility index (Phi) is 6.48. The standard InChI is InChI=1S/C16H24OS/c1-4-5-6-10-13-16(3,14(2)17)18-15-11-8-7-9-12-15/h7-9,11-12H,4-6,10,13H2,1-3H3. The summed E-state index contributed by atoms with van der Waals surface area (Å²) in [5, 5.41) is 0. The Morgan fingerprint density at radius 1 is 1.17 bits per heavy atom. The van der Waals surface area contributed by atoms with Gasteiger partial charge in [-0.25, -0.2) is 0 Å². The molecular formula is C16H24OS. The average Bonchev–Trinajstić information content (AvgIpc) is 2.36. The summed E-state index contributed by atoms with van der Waals surface area (Å²) in [7, 11) is 0. The Bertz CT molecular complexity index is 361. The maximum absolute atomic E-state index is 11.9. The Morgan fingerprint density at radius 2 is 1.83 bits per heavy atom. The molecule has 1 aromatic rings. The normalized spacial score (nSPS) is 14.2. The van der Waals surface area contributed by atoms with Crippen LogP contribution in [0.1, 0.15) is 52.9 Å². The van der Waals surface area contributed by atoms with Gasteiger partial charge in [0.1, 0.15) is 5.78 Å². The molecule has 0 heterocycles. The lowest BCUT2D eigenvalue weighted by Crippen LogP contribution is -2.29. The molecule has 0 saturated carbocycles. The van der Waals surface area contributed by atoms with E-state index in [0.717, 1.165) is 12.8 Å². The fourth-order valence-corrected chi connectivity index (χ4v) is 3.14. The molecule has 0 aliphatic carbocycles. The van der Waals surface area contributed by atoms with Crippen LogP contribution in [0.15, 0.2) is 35.2 Å². The van der Waals surface area contributed by atoms with Crippen LogP contribution in [0, 0.1) is 0 Å². The summed E-state index contributed by atoms with van der Waals surface area (Å²) >= 11 is 1.71. The van der Waals surface area contributed by atoms with Gasteiger partial charge in [0.05, 0.1) is 4.75 Å². The lowest BCUT2D eigenvalue weighted by molar-refractivity contribution is -0.119. The highest BCUT2D eigenvalue weighted by Crippen LogP contribution is 2.37. The average molecular weight is 264 g/mol. The van der Waals surface area contributed by atoms with Crippen molar-refractivity contribution in [1.82, 2.24) is 0 Å². The van der Waals surface area contributed by atoms with Gasteiger partial charge in [-0.15, -0.1) is 11.8 Å².